The Morgan fingerprint density at radius 3 is 2.75 bits per heavy atom. The van der Waals surface area contributed by atoms with Gasteiger partial charge in [0.1, 0.15) is 5.82 Å². The zero-order chi connectivity index (χ0) is 19.4. The molecule has 138 valence electrons. The smallest absolute Gasteiger partial charge is 0.258 e. The van der Waals surface area contributed by atoms with Crippen molar-refractivity contribution in [3.05, 3.63) is 59.0 Å². The molecule has 1 saturated carbocycles. The summed E-state index contributed by atoms with van der Waals surface area (Å²) in [6, 6.07) is 11.8. The van der Waals surface area contributed by atoms with Gasteiger partial charge in [-0.25, -0.2) is 9.37 Å². The molecule has 1 fully saturated rings. The van der Waals surface area contributed by atoms with Crippen LogP contribution in [0.3, 0.4) is 0 Å². The summed E-state index contributed by atoms with van der Waals surface area (Å²) in [7, 11) is 0. The molecule has 0 unspecified atom stereocenters. The predicted octanol–water partition coefficient (Wildman–Crippen LogP) is 4.00. The Morgan fingerprint density at radius 2 is 2.04 bits per heavy atom. The van der Waals surface area contributed by atoms with Crippen LogP contribution in [-0.4, -0.2) is 21.8 Å². The van der Waals surface area contributed by atoms with Gasteiger partial charge in [-0.1, -0.05) is 18.2 Å². The number of nitrogen functional groups attached to an aromatic ring is 1. The van der Waals surface area contributed by atoms with E-state index >= 15 is 0 Å². The zero-order valence-corrected chi connectivity index (χ0v) is 15.1. The van der Waals surface area contributed by atoms with Gasteiger partial charge in [-0.2, -0.15) is 5.26 Å². The maximum atomic E-state index is 13.9. The molecule has 5 rings (SSSR count). The number of hydrogen-bond donors (Lipinski definition) is 1. The highest BCUT2D eigenvalue weighted by atomic mass is 19.1. The van der Waals surface area contributed by atoms with E-state index in [-0.39, 0.29) is 11.9 Å². The molecule has 0 atom stereocenters. The molecule has 2 aromatic carbocycles. The van der Waals surface area contributed by atoms with Crippen LogP contribution in [0.1, 0.15) is 40.9 Å². The van der Waals surface area contributed by atoms with Crippen LogP contribution in [0.25, 0.3) is 22.0 Å². The van der Waals surface area contributed by atoms with Crippen molar-refractivity contribution in [1.29, 1.82) is 5.26 Å². The molecule has 0 bridgehead atoms. The molecule has 28 heavy (non-hydrogen) atoms. The van der Waals surface area contributed by atoms with Crippen LogP contribution >= 0.6 is 0 Å². The molecule has 3 aromatic rings. The normalized spacial score (nSPS) is 16.1. The van der Waals surface area contributed by atoms with Crippen molar-refractivity contribution in [3.8, 4) is 17.2 Å². The number of nitrogens with zero attached hydrogens (tertiary/aromatic N) is 3. The van der Waals surface area contributed by atoms with Crippen LogP contribution in [0, 0.1) is 17.1 Å². The summed E-state index contributed by atoms with van der Waals surface area (Å²) in [6.07, 6.45) is 3.16. The van der Waals surface area contributed by atoms with E-state index in [9.17, 15) is 14.4 Å². The van der Waals surface area contributed by atoms with Crippen LogP contribution < -0.4 is 5.73 Å². The summed E-state index contributed by atoms with van der Waals surface area (Å²) in [5.74, 6) is -0.480. The molecule has 5 nitrogen and oxygen atoms in total. The Bertz CT molecular complexity index is 1190. The second-order valence-electron chi connectivity index (χ2n) is 7.37. The molecule has 0 saturated heterocycles. The maximum Gasteiger partial charge on any atom is 0.258 e. The van der Waals surface area contributed by atoms with Crippen LogP contribution in [0.2, 0.25) is 0 Å². The zero-order valence-electron chi connectivity index (χ0n) is 15.1. The van der Waals surface area contributed by atoms with E-state index < -0.39 is 5.82 Å². The van der Waals surface area contributed by atoms with Crippen LogP contribution in [0.4, 0.5) is 10.1 Å². The Labute approximate surface area is 161 Å². The molecule has 1 aliphatic heterocycles. The second-order valence-corrected chi connectivity index (χ2v) is 7.37. The number of hydrogen-bond acceptors (Lipinski definition) is 4. The number of nitriles is 1. The molecule has 1 aliphatic carbocycles. The van der Waals surface area contributed by atoms with E-state index in [4.69, 9.17) is 10.7 Å². The third-order valence-electron chi connectivity index (χ3n) is 5.83. The van der Waals surface area contributed by atoms with E-state index in [2.05, 4.69) is 6.07 Å². The fourth-order valence-electron chi connectivity index (χ4n) is 4.14. The molecular formula is C22H17FN4O. The van der Waals surface area contributed by atoms with E-state index in [1.165, 1.54) is 18.2 Å². The van der Waals surface area contributed by atoms with Crippen LogP contribution in [0.15, 0.2) is 36.4 Å². The number of benzene rings is 2. The quantitative estimate of drug-likeness (QED) is 0.737. The second kappa shape index (κ2) is 6.03. The molecule has 1 aromatic heterocycles. The monoisotopic (exact) mass is 372 g/mol. The average molecular weight is 372 g/mol. The summed E-state index contributed by atoms with van der Waals surface area (Å²) >= 11 is 0. The summed E-state index contributed by atoms with van der Waals surface area (Å²) in [5, 5.41) is 10.1. The van der Waals surface area contributed by atoms with Gasteiger partial charge in [-0.15, -0.1) is 0 Å². The fourth-order valence-corrected chi connectivity index (χ4v) is 4.14. The minimum atomic E-state index is -0.425. The highest BCUT2D eigenvalue weighted by molar-refractivity contribution is 6.11. The third kappa shape index (κ3) is 2.29. The van der Waals surface area contributed by atoms with Gasteiger partial charge in [0.25, 0.3) is 5.91 Å². The van der Waals surface area contributed by atoms with E-state index in [0.717, 1.165) is 19.3 Å². The lowest BCUT2D eigenvalue weighted by molar-refractivity contribution is 0.0606. The molecule has 2 N–H and O–H groups in total. The van der Waals surface area contributed by atoms with E-state index in [1.54, 1.807) is 12.1 Å². The predicted molar refractivity (Wildman–Crippen MR) is 104 cm³/mol. The Morgan fingerprint density at radius 1 is 1.21 bits per heavy atom. The summed E-state index contributed by atoms with van der Waals surface area (Å²) < 4.78 is 13.9. The van der Waals surface area contributed by atoms with Crippen molar-refractivity contribution in [2.75, 3.05) is 5.73 Å². The highest BCUT2D eigenvalue weighted by Gasteiger charge is 2.38. The van der Waals surface area contributed by atoms with Gasteiger partial charge in [0.2, 0.25) is 0 Å². The van der Waals surface area contributed by atoms with Crippen LogP contribution in [-0.2, 0) is 6.54 Å². The first-order valence-corrected chi connectivity index (χ1v) is 9.30. The van der Waals surface area contributed by atoms with Gasteiger partial charge < -0.3 is 10.6 Å². The largest absolute Gasteiger partial charge is 0.397 e. The number of nitrogens with two attached hydrogens (primary N) is 1. The van der Waals surface area contributed by atoms with Crippen molar-refractivity contribution >= 4 is 22.5 Å². The van der Waals surface area contributed by atoms with Gasteiger partial charge in [-0.3, -0.25) is 4.79 Å². The number of halogens is 1. The fraction of sp³-hybridized carbons (Fsp3) is 0.227. The minimum Gasteiger partial charge on any atom is -0.397 e. The average Bonchev–Trinajstić information content (AvgIpc) is 2.96. The Kier molecular flexibility index (Phi) is 3.59. The van der Waals surface area contributed by atoms with Crippen molar-refractivity contribution in [2.45, 2.75) is 31.8 Å². The Hall–Kier alpha value is -3.46. The number of carbonyl (C=O) groups excluding carboxylic acids is 1. The SMILES string of the molecule is N#Cc1ccc(F)cc1-c1cccc2c(N)c3c(nc12)CN(C1CCC1)C3=O. The van der Waals surface area contributed by atoms with Gasteiger partial charge in [0.15, 0.2) is 0 Å². The molecule has 1 amide bonds. The van der Waals surface area contributed by atoms with Crippen molar-refractivity contribution < 1.29 is 9.18 Å². The molecule has 2 aliphatic rings. The van der Waals surface area contributed by atoms with Crippen molar-refractivity contribution in [1.82, 2.24) is 9.88 Å². The van der Waals surface area contributed by atoms with Gasteiger partial charge in [-0.05, 0) is 37.5 Å². The molecule has 2 heterocycles. The molecule has 6 heteroatoms. The number of aromatic nitrogens is 1. The topological polar surface area (TPSA) is 83.0 Å². The van der Waals surface area contributed by atoms with E-state index in [0.29, 0.717) is 51.1 Å². The molecule has 0 radical (unpaired) electrons. The number of amides is 1. The lowest BCUT2D eigenvalue weighted by atomic mass is 9.92. The first-order chi connectivity index (χ1) is 13.6. The van der Waals surface area contributed by atoms with Gasteiger partial charge >= 0.3 is 0 Å². The summed E-state index contributed by atoms with van der Waals surface area (Å²) in [6.45, 7) is 0.446. The van der Waals surface area contributed by atoms with Gasteiger partial charge in [0, 0.05) is 22.6 Å². The third-order valence-corrected chi connectivity index (χ3v) is 5.83. The lowest BCUT2D eigenvalue weighted by Gasteiger charge is -2.34. The first kappa shape index (κ1) is 16.7. The number of anilines is 1. The summed E-state index contributed by atoms with van der Waals surface area (Å²) in [4.78, 5) is 19.5. The van der Waals surface area contributed by atoms with Crippen molar-refractivity contribution in [3.63, 3.8) is 0 Å². The summed E-state index contributed by atoms with van der Waals surface area (Å²) in [5.41, 5.74) is 10.0. The van der Waals surface area contributed by atoms with Crippen molar-refractivity contribution in [2.24, 2.45) is 0 Å². The molecule has 0 spiro atoms. The number of fused-ring (bicyclic) bond motifs is 2. The van der Waals surface area contributed by atoms with E-state index in [1.807, 2.05) is 11.0 Å². The molecular weight excluding hydrogens is 355 g/mol. The maximum absolute atomic E-state index is 13.9. The standard InChI is InChI=1S/C22H17FN4O/c23-13-8-7-12(10-24)17(9-13)15-5-2-6-16-20(25)19-18(26-21(15)16)11-27(22(19)28)14-3-1-4-14/h2,5-9,14H,1,3-4,11H2,(H2,25,26). The highest BCUT2D eigenvalue weighted by Crippen LogP contribution is 2.39. The number of rotatable bonds is 2. The Balaban J connectivity index is 1.74. The first-order valence-electron chi connectivity index (χ1n) is 9.30. The van der Waals surface area contributed by atoms with Crippen LogP contribution in [0.5, 0.6) is 0 Å². The number of para-hydroxylation sites is 1. The lowest BCUT2D eigenvalue weighted by Crippen LogP contribution is -2.40. The minimum absolute atomic E-state index is 0.0551. The number of carbonyl (C=O) groups is 1. The number of pyridine rings is 1. The van der Waals surface area contributed by atoms with Gasteiger partial charge in [0.05, 0.1) is 40.6 Å².